The first kappa shape index (κ1) is 15.2. The van der Waals surface area contributed by atoms with Gasteiger partial charge in [0.05, 0.1) is 12.1 Å². The van der Waals surface area contributed by atoms with Gasteiger partial charge in [-0.2, -0.15) is 0 Å². The fourth-order valence-corrected chi connectivity index (χ4v) is 5.17. The van der Waals surface area contributed by atoms with Crippen LogP contribution >= 0.6 is 11.3 Å². The molecule has 4 rings (SSSR count). The molecule has 3 atom stereocenters. The van der Waals surface area contributed by atoms with Crippen molar-refractivity contribution in [2.45, 2.75) is 38.3 Å². The number of likely N-dealkylation sites (tertiary alicyclic amines) is 1. The Morgan fingerprint density at radius 1 is 1.26 bits per heavy atom. The van der Waals surface area contributed by atoms with E-state index in [0.29, 0.717) is 11.8 Å². The first-order chi connectivity index (χ1) is 11.1. The number of hydrogen-bond donors (Lipinski definition) is 1. The van der Waals surface area contributed by atoms with E-state index in [1.54, 1.807) is 11.3 Å². The van der Waals surface area contributed by atoms with Crippen molar-refractivity contribution < 1.29 is 5.11 Å². The summed E-state index contributed by atoms with van der Waals surface area (Å²) in [7, 11) is 0. The standard InChI is InChI=1S/C18H23N3OS/c1-13-19-20-17(23-13)12-21-10-14-6-5-9-18(22,16(14)11-21)15-7-3-2-4-8-15/h2-4,7-8,14,16,22H,5-6,9-12H2,1H3/t14-,16+,18+/m0/s1. The average Bonchev–Trinajstić information content (AvgIpc) is 3.15. The van der Waals surface area contributed by atoms with Crippen molar-refractivity contribution in [2.75, 3.05) is 13.1 Å². The molecule has 2 heterocycles. The first-order valence-corrected chi connectivity index (χ1v) is 9.26. The predicted molar refractivity (Wildman–Crippen MR) is 91.1 cm³/mol. The minimum atomic E-state index is -0.671. The molecule has 2 fully saturated rings. The molecule has 0 radical (unpaired) electrons. The second-order valence-electron chi connectivity index (χ2n) is 6.96. The van der Waals surface area contributed by atoms with E-state index in [2.05, 4.69) is 27.2 Å². The Kier molecular flexibility index (Phi) is 3.95. The summed E-state index contributed by atoms with van der Waals surface area (Å²) in [5.74, 6) is 0.913. The first-order valence-electron chi connectivity index (χ1n) is 8.44. The van der Waals surface area contributed by atoms with Crippen molar-refractivity contribution in [1.82, 2.24) is 15.1 Å². The Morgan fingerprint density at radius 3 is 2.83 bits per heavy atom. The third kappa shape index (κ3) is 2.82. The summed E-state index contributed by atoms with van der Waals surface area (Å²) in [4.78, 5) is 2.45. The summed E-state index contributed by atoms with van der Waals surface area (Å²) in [5, 5.41) is 21.9. The highest BCUT2D eigenvalue weighted by Gasteiger charge is 2.49. The normalized spacial score (nSPS) is 31.2. The van der Waals surface area contributed by atoms with E-state index in [0.717, 1.165) is 48.1 Å². The number of nitrogens with zero attached hydrogens (tertiary/aromatic N) is 3. The van der Waals surface area contributed by atoms with Crippen molar-refractivity contribution in [1.29, 1.82) is 0 Å². The molecule has 1 aliphatic carbocycles. The average molecular weight is 329 g/mol. The van der Waals surface area contributed by atoms with E-state index in [1.165, 1.54) is 6.42 Å². The summed E-state index contributed by atoms with van der Waals surface area (Å²) in [6, 6.07) is 10.3. The smallest absolute Gasteiger partial charge is 0.131 e. The summed E-state index contributed by atoms with van der Waals surface area (Å²) < 4.78 is 0. The topological polar surface area (TPSA) is 49.2 Å². The van der Waals surface area contributed by atoms with Crippen LogP contribution < -0.4 is 0 Å². The predicted octanol–water partition coefficient (Wildman–Crippen LogP) is 2.97. The Hall–Kier alpha value is -1.30. The van der Waals surface area contributed by atoms with Gasteiger partial charge in [0.2, 0.25) is 0 Å². The van der Waals surface area contributed by atoms with Gasteiger partial charge in [0.1, 0.15) is 10.0 Å². The van der Waals surface area contributed by atoms with Crippen LogP contribution in [0.15, 0.2) is 30.3 Å². The van der Waals surface area contributed by atoms with Crippen LogP contribution in [0.4, 0.5) is 0 Å². The SMILES string of the molecule is Cc1nnc(CN2C[C@@H]3CCC[C@@](O)(c4ccccc4)[C@@H]3C2)s1. The van der Waals surface area contributed by atoms with E-state index in [9.17, 15) is 5.11 Å². The van der Waals surface area contributed by atoms with Crippen LogP contribution in [0.2, 0.25) is 0 Å². The highest BCUT2D eigenvalue weighted by Crippen LogP contribution is 2.48. The fourth-order valence-electron chi connectivity index (χ4n) is 4.42. The number of aryl methyl sites for hydroxylation is 1. The van der Waals surface area contributed by atoms with E-state index in [4.69, 9.17) is 0 Å². The number of benzene rings is 1. The van der Waals surface area contributed by atoms with Gasteiger partial charge in [0.15, 0.2) is 0 Å². The molecule has 0 amide bonds. The summed E-state index contributed by atoms with van der Waals surface area (Å²) >= 11 is 1.68. The van der Waals surface area contributed by atoms with Gasteiger partial charge in [-0.05, 0) is 37.7 Å². The summed E-state index contributed by atoms with van der Waals surface area (Å²) in [5.41, 5.74) is 0.416. The lowest BCUT2D eigenvalue weighted by Gasteiger charge is -2.41. The zero-order valence-electron chi connectivity index (χ0n) is 13.5. The molecule has 0 spiro atoms. The Balaban J connectivity index is 1.54. The van der Waals surface area contributed by atoms with Gasteiger partial charge < -0.3 is 5.11 Å². The van der Waals surface area contributed by atoms with Crippen LogP contribution in [-0.2, 0) is 12.1 Å². The van der Waals surface area contributed by atoms with Gasteiger partial charge in [-0.15, -0.1) is 21.5 Å². The highest BCUT2D eigenvalue weighted by molar-refractivity contribution is 7.11. The van der Waals surface area contributed by atoms with Gasteiger partial charge >= 0.3 is 0 Å². The second kappa shape index (κ2) is 5.96. The van der Waals surface area contributed by atoms with Crippen LogP contribution in [-0.4, -0.2) is 33.3 Å². The molecular weight excluding hydrogens is 306 g/mol. The molecular formula is C18H23N3OS. The molecule has 1 aliphatic heterocycles. The quantitative estimate of drug-likeness (QED) is 0.940. The molecule has 5 heteroatoms. The summed E-state index contributed by atoms with van der Waals surface area (Å²) in [6.45, 7) is 4.88. The lowest BCUT2D eigenvalue weighted by atomic mass is 9.67. The molecule has 0 unspecified atom stereocenters. The van der Waals surface area contributed by atoms with Crippen LogP contribution in [0.3, 0.4) is 0 Å². The molecule has 0 bridgehead atoms. The molecule has 122 valence electrons. The van der Waals surface area contributed by atoms with Crippen molar-refractivity contribution >= 4 is 11.3 Å². The number of rotatable bonds is 3. The van der Waals surface area contributed by atoms with Crippen molar-refractivity contribution in [2.24, 2.45) is 11.8 Å². The maximum atomic E-state index is 11.4. The Bertz CT molecular complexity index is 674. The van der Waals surface area contributed by atoms with Crippen molar-refractivity contribution in [3.63, 3.8) is 0 Å². The largest absolute Gasteiger partial charge is 0.385 e. The Morgan fingerprint density at radius 2 is 2.09 bits per heavy atom. The van der Waals surface area contributed by atoms with E-state index in [-0.39, 0.29) is 0 Å². The van der Waals surface area contributed by atoms with Gasteiger partial charge in [-0.3, -0.25) is 4.90 Å². The van der Waals surface area contributed by atoms with E-state index in [1.807, 2.05) is 25.1 Å². The zero-order valence-corrected chi connectivity index (χ0v) is 14.3. The van der Waals surface area contributed by atoms with Crippen LogP contribution in [0.1, 0.15) is 34.8 Å². The third-order valence-electron chi connectivity index (χ3n) is 5.46. The molecule has 23 heavy (non-hydrogen) atoms. The maximum Gasteiger partial charge on any atom is 0.131 e. The number of hydrogen-bond acceptors (Lipinski definition) is 5. The monoisotopic (exact) mass is 329 g/mol. The van der Waals surface area contributed by atoms with Gasteiger partial charge in [0.25, 0.3) is 0 Å². The lowest BCUT2D eigenvalue weighted by Crippen LogP contribution is -2.42. The van der Waals surface area contributed by atoms with E-state index < -0.39 is 5.60 Å². The minimum Gasteiger partial charge on any atom is -0.385 e. The fraction of sp³-hybridized carbons (Fsp3) is 0.556. The van der Waals surface area contributed by atoms with Crippen molar-refractivity contribution in [3.8, 4) is 0 Å². The summed E-state index contributed by atoms with van der Waals surface area (Å²) in [6.07, 6.45) is 3.22. The van der Waals surface area contributed by atoms with Gasteiger partial charge in [-0.1, -0.05) is 30.3 Å². The molecule has 1 aromatic carbocycles. The van der Waals surface area contributed by atoms with E-state index >= 15 is 0 Å². The van der Waals surface area contributed by atoms with Crippen molar-refractivity contribution in [3.05, 3.63) is 45.9 Å². The molecule has 2 aliphatic rings. The van der Waals surface area contributed by atoms with Crippen LogP contribution in [0.25, 0.3) is 0 Å². The number of fused-ring (bicyclic) bond motifs is 1. The molecule has 1 saturated carbocycles. The number of aliphatic hydroxyl groups is 1. The molecule has 1 saturated heterocycles. The Labute approximate surface area is 141 Å². The van der Waals surface area contributed by atoms with Crippen LogP contribution in [0, 0.1) is 18.8 Å². The minimum absolute atomic E-state index is 0.327. The maximum absolute atomic E-state index is 11.4. The highest BCUT2D eigenvalue weighted by atomic mass is 32.1. The molecule has 2 aromatic rings. The van der Waals surface area contributed by atoms with Gasteiger partial charge in [0, 0.05) is 19.0 Å². The molecule has 1 aromatic heterocycles. The lowest BCUT2D eigenvalue weighted by molar-refractivity contribution is -0.0648. The molecule has 4 nitrogen and oxygen atoms in total. The number of aromatic nitrogens is 2. The zero-order chi connectivity index (χ0) is 15.9. The molecule has 1 N–H and O–H groups in total. The van der Waals surface area contributed by atoms with Crippen LogP contribution in [0.5, 0.6) is 0 Å². The second-order valence-corrected chi connectivity index (χ2v) is 8.22. The third-order valence-corrected chi connectivity index (χ3v) is 6.29. The van der Waals surface area contributed by atoms with Gasteiger partial charge in [-0.25, -0.2) is 0 Å².